The molecule has 0 saturated heterocycles. The van der Waals surface area contributed by atoms with Crippen molar-refractivity contribution in [1.82, 2.24) is 5.32 Å². The van der Waals surface area contributed by atoms with E-state index in [4.69, 9.17) is 4.74 Å². The summed E-state index contributed by atoms with van der Waals surface area (Å²) in [5.74, 6) is 1.43. The van der Waals surface area contributed by atoms with E-state index in [1.54, 1.807) is 0 Å². The minimum Gasteiger partial charge on any atom is -0.381 e. The Kier molecular flexibility index (Phi) is 9.30. The second-order valence-corrected chi connectivity index (χ2v) is 4.75. The average Bonchev–Trinajstić information content (AvgIpc) is 2.23. The molecule has 0 radical (unpaired) electrons. The lowest BCUT2D eigenvalue weighted by atomic mass is 9.99. The van der Waals surface area contributed by atoms with Crippen LogP contribution in [0.3, 0.4) is 0 Å². The zero-order valence-corrected chi connectivity index (χ0v) is 11.2. The largest absolute Gasteiger partial charge is 0.381 e. The van der Waals surface area contributed by atoms with Crippen molar-refractivity contribution in [1.29, 1.82) is 0 Å². The highest BCUT2D eigenvalue weighted by Crippen LogP contribution is 2.09. The minimum absolute atomic E-state index is 0.151. The Balaban J connectivity index is 3.24. The molecule has 0 aliphatic carbocycles. The van der Waals surface area contributed by atoms with E-state index >= 15 is 0 Å². The molecule has 0 aliphatic heterocycles. The summed E-state index contributed by atoms with van der Waals surface area (Å²) in [6, 6.07) is 0. The molecule has 96 valence electrons. The Morgan fingerprint density at radius 2 is 2.00 bits per heavy atom. The first-order valence-electron chi connectivity index (χ1n) is 6.42. The lowest BCUT2D eigenvalue weighted by Gasteiger charge is -2.15. The molecule has 0 fully saturated rings. The molecular formula is C13H27NO2. The monoisotopic (exact) mass is 229 g/mol. The van der Waals surface area contributed by atoms with Crippen molar-refractivity contribution in [3.8, 4) is 0 Å². The first-order chi connectivity index (χ1) is 7.57. The van der Waals surface area contributed by atoms with Gasteiger partial charge in [0.1, 0.15) is 0 Å². The summed E-state index contributed by atoms with van der Waals surface area (Å²) in [5, 5.41) is 2.88. The summed E-state index contributed by atoms with van der Waals surface area (Å²) in [4.78, 5) is 11.1. The third kappa shape index (κ3) is 8.72. The topological polar surface area (TPSA) is 38.3 Å². The lowest BCUT2D eigenvalue weighted by Crippen LogP contribution is -2.25. The molecule has 0 bridgehead atoms. The van der Waals surface area contributed by atoms with Gasteiger partial charge in [-0.05, 0) is 24.7 Å². The maximum atomic E-state index is 11.1. The van der Waals surface area contributed by atoms with Gasteiger partial charge < -0.3 is 10.1 Å². The Morgan fingerprint density at radius 1 is 1.31 bits per heavy atom. The molecule has 0 aromatic carbocycles. The van der Waals surface area contributed by atoms with Crippen LogP contribution in [-0.4, -0.2) is 25.7 Å². The van der Waals surface area contributed by atoms with Gasteiger partial charge in [0, 0.05) is 26.2 Å². The molecule has 0 heterocycles. The number of carbonyl (C=O) groups is 1. The molecule has 0 spiro atoms. The van der Waals surface area contributed by atoms with Crippen LogP contribution in [0, 0.1) is 11.8 Å². The molecule has 0 saturated carbocycles. The van der Waals surface area contributed by atoms with Crippen LogP contribution < -0.4 is 5.32 Å². The quantitative estimate of drug-likeness (QED) is 0.617. The summed E-state index contributed by atoms with van der Waals surface area (Å²) >= 11 is 0. The van der Waals surface area contributed by atoms with Gasteiger partial charge in [0.25, 0.3) is 0 Å². The van der Waals surface area contributed by atoms with Crippen molar-refractivity contribution in [2.75, 3.05) is 19.8 Å². The van der Waals surface area contributed by atoms with Gasteiger partial charge in [0.15, 0.2) is 0 Å². The predicted molar refractivity (Wildman–Crippen MR) is 67.4 cm³/mol. The summed E-state index contributed by atoms with van der Waals surface area (Å²) in [5.41, 5.74) is 0. The molecule has 1 unspecified atom stereocenters. The van der Waals surface area contributed by atoms with Gasteiger partial charge in [-0.3, -0.25) is 4.79 Å². The van der Waals surface area contributed by atoms with E-state index in [1.807, 2.05) is 6.92 Å². The van der Waals surface area contributed by atoms with E-state index in [1.165, 1.54) is 0 Å². The van der Waals surface area contributed by atoms with Crippen LogP contribution >= 0.6 is 0 Å². The SMILES string of the molecule is CCCC(=O)NCCCOCC(C)C(C)C. The molecule has 1 atom stereocenters. The van der Waals surface area contributed by atoms with Crippen LogP contribution in [0.1, 0.15) is 47.0 Å². The standard InChI is InChI=1S/C13H27NO2/c1-5-7-13(15)14-8-6-9-16-10-12(4)11(2)3/h11-12H,5-10H2,1-4H3,(H,14,15). The first kappa shape index (κ1) is 15.4. The van der Waals surface area contributed by atoms with Crippen molar-refractivity contribution < 1.29 is 9.53 Å². The molecule has 3 heteroatoms. The van der Waals surface area contributed by atoms with Gasteiger partial charge in [-0.15, -0.1) is 0 Å². The highest BCUT2D eigenvalue weighted by Gasteiger charge is 2.06. The average molecular weight is 229 g/mol. The third-order valence-electron chi connectivity index (χ3n) is 2.78. The van der Waals surface area contributed by atoms with Crippen molar-refractivity contribution >= 4 is 5.91 Å². The van der Waals surface area contributed by atoms with E-state index in [0.717, 1.165) is 32.6 Å². The maximum Gasteiger partial charge on any atom is 0.219 e. The molecule has 0 aliphatic rings. The van der Waals surface area contributed by atoms with Crippen molar-refractivity contribution in [2.24, 2.45) is 11.8 Å². The minimum atomic E-state index is 0.151. The fourth-order valence-corrected chi connectivity index (χ4v) is 1.18. The lowest BCUT2D eigenvalue weighted by molar-refractivity contribution is -0.121. The van der Waals surface area contributed by atoms with Gasteiger partial charge in [-0.2, -0.15) is 0 Å². The number of ether oxygens (including phenoxy) is 1. The molecule has 1 amide bonds. The summed E-state index contributed by atoms with van der Waals surface area (Å²) in [6.07, 6.45) is 2.44. The predicted octanol–water partition coefficient (Wildman–Crippen LogP) is 2.60. The molecule has 1 N–H and O–H groups in total. The number of carbonyl (C=O) groups excluding carboxylic acids is 1. The number of amides is 1. The smallest absolute Gasteiger partial charge is 0.219 e. The maximum absolute atomic E-state index is 11.1. The zero-order chi connectivity index (χ0) is 12.4. The van der Waals surface area contributed by atoms with E-state index in [9.17, 15) is 4.79 Å². The molecule has 3 nitrogen and oxygen atoms in total. The van der Waals surface area contributed by atoms with E-state index < -0.39 is 0 Å². The van der Waals surface area contributed by atoms with Gasteiger partial charge in [-0.25, -0.2) is 0 Å². The Bertz CT molecular complexity index is 181. The summed E-state index contributed by atoms with van der Waals surface area (Å²) in [6.45, 7) is 10.9. The highest BCUT2D eigenvalue weighted by atomic mass is 16.5. The highest BCUT2D eigenvalue weighted by molar-refractivity contribution is 5.75. The van der Waals surface area contributed by atoms with Crippen LogP contribution in [0.25, 0.3) is 0 Å². The van der Waals surface area contributed by atoms with Crippen molar-refractivity contribution in [3.63, 3.8) is 0 Å². The van der Waals surface area contributed by atoms with E-state index in [0.29, 0.717) is 18.3 Å². The second-order valence-electron chi connectivity index (χ2n) is 4.75. The van der Waals surface area contributed by atoms with Gasteiger partial charge in [0.2, 0.25) is 5.91 Å². The Hall–Kier alpha value is -0.570. The second kappa shape index (κ2) is 9.64. The number of hydrogen-bond donors (Lipinski definition) is 1. The number of nitrogens with one attached hydrogen (secondary N) is 1. The molecule has 0 rings (SSSR count). The zero-order valence-electron chi connectivity index (χ0n) is 11.2. The fourth-order valence-electron chi connectivity index (χ4n) is 1.18. The number of rotatable bonds is 9. The summed E-state index contributed by atoms with van der Waals surface area (Å²) in [7, 11) is 0. The summed E-state index contributed by atoms with van der Waals surface area (Å²) < 4.78 is 5.55. The van der Waals surface area contributed by atoms with Crippen LogP contribution in [0.4, 0.5) is 0 Å². The van der Waals surface area contributed by atoms with Crippen molar-refractivity contribution in [3.05, 3.63) is 0 Å². The van der Waals surface area contributed by atoms with Crippen LogP contribution in [0.5, 0.6) is 0 Å². The van der Waals surface area contributed by atoms with Gasteiger partial charge >= 0.3 is 0 Å². The first-order valence-corrected chi connectivity index (χ1v) is 6.42. The van der Waals surface area contributed by atoms with Crippen LogP contribution in [-0.2, 0) is 9.53 Å². The molecule has 16 heavy (non-hydrogen) atoms. The van der Waals surface area contributed by atoms with Gasteiger partial charge in [0.05, 0.1) is 0 Å². The van der Waals surface area contributed by atoms with E-state index in [2.05, 4.69) is 26.1 Å². The van der Waals surface area contributed by atoms with E-state index in [-0.39, 0.29) is 5.91 Å². The molecule has 0 aromatic heterocycles. The normalized spacial score (nSPS) is 12.8. The van der Waals surface area contributed by atoms with Crippen LogP contribution in [0.2, 0.25) is 0 Å². The Labute approximate surface area is 99.9 Å². The van der Waals surface area contributed by atoms with Gasteiger partial charge in [-0.1, -0.05) is 27.7 Å². The molecular weight excluding hydrogens is 202 g/mol. The number of hydrogen-bond acceptors (Lipinski definition) is 2. The molecule has 0 aromatic rings. The third-order valence-corrected chi connectivity index (χ3v) is 2.78. The fraction of sp³-hybridized carbons (Fsp3) is 0.923. The van der Waals surface area contributed by atoms with Crippen molar-refractivity contribution in [2.45, 2.75) is 47.0 Å². The Morgan fingerprint density at radius 3 is 2.56 bits per heavy atom. The van der Waals surface area contributed by atoms with Crippen LogP contribution in [0.15, 0.2) is 0 Å².